The Morgan fingerprint density at radius 3 is 1.73 bits per heavy atom. The molecule has 0 radical (unpaired) electrons. The molecule has 0 heterocycles. The number of halogens is 2. The van der Waals surface area contributed by atoms with E-state index in [0.29, 0.717) is 21.2 Å². The summed E-state index contributed by atoms with van der Waals surface area (Å²) in [7, 11) is 0. The van der Waals surface area contributed by atoms with Crippen molar-refractivity contribution in [3.63, 3.8) is 0 Å². The third kappa shape index (κ3) is 5.38. The van der Waals surface area contributed by atoms with Gasteiger partial charge in [-0.3, -0.25) is 0 Å². The highest BCUT2D eigenvalue weighted by atomic mass is 19.1. The van der Waals surface area contributed by atoms with E-state index < -0.39 is 23.1 Å². The van der Waals surface area contributed by atoms with Crippen molar-refractivity contribution in [2.24, 2.45) is 0 Å². The molecule has 0 spiro atoms. The SMILES string of the molecule is C/C=c1/cc(F)c(O)c(-c2c(O)c(F)cc3ccccc23)/c1=C/C.CC.CC.CC. The van der Waals surface area contributed by atoms with E-state index in [2.05, 4.69) is 0 Å². The van der Waals surface area contributed by atoms with E-state index in [1.54, 1.807) is 50.3 Å². The zero-order valence-corrected chi connectivity index (χ0v) is 19.3. The van der Waals surface area contributed by atoms with E-state index in [9.17, 15) is 19.0 Å². The molecular formula is C26H34F2O2. The maximum atomic E-state index is 14.2. The van der Waals surface area contributed by atoms with Crippen LogP contribution in [0.4, 0.5) is 8.78 Å². The van der Waals surface area contributed by atoms with Gasteiger partial charge in [-0.1, -0.05) is 78.0 Å². The smallest absolute Gasteiger partial charge is 0.166 e. The molecule has 4 heteroatoms. The normalized spacial score (nSPS) is 11.0. The van der Waals surface area contributed by atoms with Crippen LogP contribution < -0.4 is 10.4 Å². The van der Waals surface area contributed by atoms with Crippen molar-refractivity contribution in [1.82, 2.24) is 0 Å². The van der Waals surface area contributed by atoms with Gasteiger partial charge >= 0.3 is 0 Å². The van der Waals surface area contributed by atoms with E-state index in [1.165, 1.54) is 12.1 Å². The quantitative estimate of drug-likeness (QED) is 0.454. The molecule has 0 aliphatic heterocycles. The van der Waals surface area contributed by atoms with Gasteiger partial charge in [0, 0.05) is 11.1 Å². The van der Waals surface area contributed by atoms with E-state index in [4.69, 9.17) is 0 Å². The zero-order valence-electron chi connectivity index (χ0n) is 19.3. The van der Waals surface area contributed by atoms with E-state index in [0.717, 1.165) is 0 Å². The molecule has 0 aliphatic carbocycles. The molecule has 0 atom stereocenters. The number of hydrogen-bond acceptors (Lipinski definition) is 2. The molecule has 0 amide bonds. The Morgan fingerprint density at radius 2 is 1.20 bits per heavy atom. The second kappa shape index (κ2) is 13.4. The van der Waals surface area contributed by atoms with Gasteiger partial charge in [-0.05, 0) is 47.2 Å². The fraction of sp³-hybridized carbons (Fsp3) is 0.308. The van der Waals surface area contributed by atoms with Crippen molar-refractivity contribution in [2.45, 2.75) is 55.4 Å². The Hall–Kier alpha value is -2.88. The fourth-order valence-corrected chi connectivity index (χ4v) is 3.03. The van der Waals surface area contributed by atoms with Gasteiger partial charge in [0.05, 0.1) is 0 Å². The van der Waals surface area contributed by atoms with Crippen LogP contribution in [0.25, 0.3) is 34.1 Å². The summed E-state index contributed by atoms with van der Waals surface area (Å²) in [5, 5.41) is 22.8. The summed E-state index contributed by atoms with van der Waals surface area (Å²) >= 11 is 0. The summed E-state index contributed by atoms with van der Waals surface area (Å²) < 4.78 is 28.4. The van der Waals surface area contributed by atoms with Crippen LogP contribution in [0.5, 0.6) is 11.5 Å². The zero-order chi connectivity index (χ0) is 23.4. The van der Waals surface area contributed by atoms with Crippen molar-refractivity contribution >= 4 is 22.9 Å². The Labute approximate surface area is 178 Å². The third-order valence-electron chi connectivity index (χ3n) is 4.15. The van der Waals surface area contributed by atoms with Gasteiger partial charge in [0.2, 0.25) is 0 Å². The Morgan fingerprint density at radius 1 is 0.700 bits per heavy atom. The highest BCUT2D eigenvalue weighted by Gasteiger charge is 2.20. The molecule has 0 bridgehead atoms. The molecule has 2 N–H and O–H groups in total. The third-order valence-corrected chi connectivity index (χ3v) is 4.15. The molecular weight excluding hydrogens is 382 g/mol. The molecule has 30 heavy (non-hydrogen) atoms. The molecule has 164 valence electrons. The molecule has 2 nitrogen and oxygen atoms in total. The largest absolute Gasteiger partial charge is 0.504 e. The number of hydrogen-bond donors (Lipinski definition) is 2. The van der Waals surface area contributed by atoms with Crippen molar-refractivity contribution in [1.29, 1.82) is 0 Å². The van der Waals surface area contributed by atoms with Gasteiger partial charge < -0.3 is 10.2 Å². The second-order valence-electron chi connectivity index (χ2n) is 5.47. The first-order valence-corrected chi connectivity index (χ1v) is 10.5. The van der Waals surface area contributed by atoms with Gasteiger partial charge in [-0.15, -0.1) is 0 Å². The molecule has 0 aromatic heterocycles. The van der Waals surface area contributed by atoms with Gasteiger partial charge in [0.15, 0.2) is 23.1 Å². The van der Waals surface area contributed by atoms with Crippen LogP contribution in [0, 0.1) is 11.6 Å². The fourth-order valence-electron chi connectivity index (χ4n) is 3.03. The lowest BCUT2D eigenvalue weighted by molar-refractivity contribution is 0.427. The Balaban J connectivity index is 0.00000129. The number of aromatic hydroxyl groups is 2. The lowest BCUT2D eigenvalue weighted by Gasteiger charge is -2.14. The van der Waals surface area contributed by atoms with Crippen LogP contribution in [0.1, 0.15) is 55.4 Å². The molecule has 0 aliphatic rings. The lowest BCUT2D eigenvalue weighted by Crippen LogP contribution is -2.27. The van der Waals surface area contributed by atoms with Crippen LogP contribution >= 0.6 is 0 Å². The summed E-state index contributed by atoms with van der Waals surface area (Å²) in [6, 6.07) is 9.30. The molecule has 0 saturated heterocycles. The first-order chi connectivity index (χ1) is 14.5. The van der Waals surface area contributed by atoms with E-state index >= 15 is 0 Å². The molecule has 3 rings (SSSR count). The highest BCUT2D eigenvalue weighted by molar-refractivity contribution is 6.01. The standard InChI is InChI=1S/C20H16F2O2.3C2H6/c1-3-11-9-15(21)19(23)17(13(11)4-2)18-14-8-6-5-7-12(14)10-16(22)20(18)24;3*1-2/h3-10,23-24H,1-2H3;3*1-2H3/b11-3-,13-4+;;;. The van der Waals surface area contributed by atoms with Crippen molar-refractivity contribution in [3.8, 4) is 22.6 Å². The van der Waals surface area contributed by atoms with E-state index in [1.807, 2.05) is 41.5 Å². The Kier molecular flexibility index (Phi) is 12.1. The molecule has 3 aromatic carbocycles. The predicted molar refractivity (Wildman–Crippen MR) is 126 cm³/mol. The van der Waals surface area contributed by atoms with Crippen molar-refractivity contribution in [2.75, 3.05) is 0 Å². The van der Waals surface area contributed by atoms with Crippen LogP contribution in [0.3, 0.4) is 0 Å². The number of fused-ring (bicyclic) bond motifs is 1. The monoisotopic (exact) mass is 416 g/mol. The van der Waals surface area contributed by atoms with Crippen molar-refractivity contribution < 1.29 is 19.0 Å². The van der Waals surface area contributed by atoms with Gasteiger partial charge in [0.25, 0.3) is 0 Å². The topological polar surface area (TPSA) is 40.5 Å². The van der Waals surface area contributed by atoms with Crippen LogP contribution in [0.2, 0.25) is 0 Å². The average Bonchev–Trinajstić information content (AvgIpc) is 2.80. The van der Waals surface area contributed by atoms with Crippen LogP contribution in [-0.4, -0.2) is 10.2 Å². The van der Waals surface area contributed by atoms with E-state index in [-0.39, 0.29) is 11.1 Å². The lowest BCUT2D eigenvalue weighted by atomic mass is 9.93. The van der Waals surface area contributed by atoms with Crippen molar-refractivity contribution in [3.05, 3.63) is 58.5 Å². The summed E-state index contributed by atoms with van der Waals surface area (Å²) in [5.41, 5.74) is 0.164. The first-order valence-electron chi connectivity index (χ1n) is 10.5. The summed E-state index contributed by atoms with van der Waals surface area (Å²) in [4.78, 5) is 0. The van der Waals surface area contributed by atoms with Gasteiger partial charge in [0.1, 0.15) is 0 Å². The number of benzene rings is 3. The van der Waals surface area contributed by atoms with Crippen LogP contribution in [0.15, 0.2) is 36.4 Å². The minimum absolute atomic E-state index is 0.0822. The molecule has 3 aromatic rings. The summed E-state index contributed by atoms with van der Waals surface area (Å²) in [6.07, 6.45) is 3.39. The highest BCUT2D eigenvalue weighted by Crippen LogP contribution is 2.40. The Bertz CT molecular complexity index is 1070. The first kappa shape index (κ1) is 27.1. The van der Waals surface area contributed by atoms with Crippen LogP contribution in [-0.2, 0) is 0 Å². The number of phenols is 2. The number of phenolic OH excluding ortho intramolecular Hbond substituents is 2. The molecule has 0 unspecified atom stereocenters. The summed E-state index contributed by atoms with van der Waals surface area (Å²) in [6.45, 7) is 15.5. The molecule has 0 saturated carbocycles. The van der Waals surface area contributed by atoms with Gasteiger partial charge in [-0.2, -0.15) is 0 Å². The predicted octanol–water partition coefficient (Wildman–Crippen LogP) is 6.88. The minimum Gasteiger partial charge on any atom is -0.504 e. The maximum absolute atomic E-state index is 14.2. The maximum Gasteiger partial charge on any atom is 0.166 e. The van der Waals surface area contributed by atoms with Gasteiger partial charge in [-0.25, -0.2) is 8.78 Å². The average molecular weight is 417 g/mol. The number of rotatable bonds is 1. The molecule has 0 fully saturated rings. The summed E-state index contributed by atoms with van der Waals surface area (Å²) in [5.74, 6) is -2.87. The second-order valence-corrected chi connectivity index (χ2v) is 5.47. The minimum atomic E-state index is -0.823.